The van der Waals surface area contributed by atoms with E-state index in [0.29, 0.717) is 12.1 Å². The van der Waals surface area contributed by atoms with Gasteiger partial charge in [-0.1, -0.05) is 6.92 Å². The molecule has 1 saturated heterocycles. The lowest BCUT2D eigenvalue weighted by atomic mass is 9.98. The molecule has 0 aromatic rings. The van der Waals surface area contributed by atoms with Crippen molar-refractivity contribution in [3.63, 3.8) is 0 Å². The molecule has 2 unspecified atom stereocenters. The summed E-state index contributed by atoms with van der Waals surface area (Å²) < 4.78 is 5.77. The first-order valence-corrected chi connectivity index (χ1v) is 7.15. The minimum Gasteiger partial charge on any atom is -0.378 e. The van der Waals surface area contributed by atoms with Gasteiger partial charge in [0.25, 0.3) is 0 Å². The van der Waals surface area contributed by atoms with Crippen molar-refractivity contribution in [2.24, 2.45) is 0 Å². The Morgan fingerprint density at radius 3 is 2.94 bits per heavy atom. The molecular formula is C15H27NO. The Kier molecular flexibility index (Phi) is 8.13. The average molecular weight is 237 g/mol. The van der Waals surface area contributed by atoms with E-state index in [0.717, 1.165) is 26.0 Å². The molecule has 0 bridgehead atoms. The van der Waals surface area contributed by atoms with Crippen LogP contribution in [0.2, 0.25) is 0 Å². The first-order valence-electron chi connectivity index (χ1n) is 7.15. The fourth-order valence-electron chi connectivity index (χ4n) is 2.51. The summed E-state index contributed by atoms with van der Waals surface area (Å²) in [5, 5.41) is 3.56. The van der Waals surface area contributed by atoms with E-state index in [-0.39, 0.29) is 0 Å². The van der Waals surface area contributed by atoms with Gasteiger partial charge in [0.05, 0.1) is 6.10 Å². The lowest BCUT2D eigenvalue weighted by molar-refractivity contribution is 0.00844. The van der Waals surface area contributed by atoms with Gasteiger partial charge in [-0.2, -0.15) is 0 Å². The van der Waals surface area contributed by atoms with Crippen molar-refractivity contribution in [1.82, 2.24) is 5.32 Å². The van der Waals surface area contributed by atoms with Crippen molar-refractivity contribution in [2.45, 2.75) is 70.4 Å². The van der Waals surface area contributed by atoms with Crippen molar-refractivity contribution in [3.05, 3.63) is 0 Å². The Morgan fingerprint density at radius 2 is 2.29 bits per heavy atom. The van der Waals surface area contributed by atoms with Crippen LogP contribution in [-0.4, -0.2) is 25.3 Å². The van der Waals surface area contributed by atoms with Crippen LogP contribution in [0.1, 0.15) is 58.3 Å². The smallest absolute Gasteiger partial charge is 0.0575 e. The largest absolute Gasteiger partial charge is 0.378 e. The summed E-state index contributed by atoms with van der Waals surface area (Å²) in [5.74, 6) is 2.72. The van der Waals surface area contributed by atoms with E-state index in [1.165, 1.54) is 38.5 Å². The van der Waals surface area contributed by atoms with Crippen LogP contribution in [0.5, 0.6) is 0 Å². The molecule has 1 heterocycles. The molecule has 2 atom stereocenters. The van der Waals surface area contributed by atoms with Gasteiger partial charge in [-0.3, -0.25) is 0 Å². The van der Waals surface area contributed by atoms with Gasteiger partial charge < -0.3 is 10.1 Å². The second-order valence-electron chi connectivity index (χ2n) is 4.92. The van der Waals surface area contributed by atoms with Crippen molar-refractivity contribution in [2.75, 3.05) is 13.2 Å². The van der Waals surface area contributed by atoms with E-state index in [9.17, 15) is 0 Å². The molecule has 2 heteroatoms. The van der Waals surface area contributed by atoms with Crippen LogP contribution in [0.3, 0.4) is 0 Å². The van der Waals surface area contributed by atoms with E-state index in [1.807, 2.05) is 0 Å². The number of hydrogen-bond donors (Lipinski definition) is 1. The first kappa shape index (κ1) is 14.5. The third-order valence-electron chi connectivity index (χ3n) is 3.48. The number of ether oxygens (including phenoxy) is 1. The number of terminal acetylenes is 1. The molecule has 1 aliphatic heterocycles. The minimum absolute atomic E-state index is 0.512. The fraction of sp³-hybridized carbons (Fsp3) is 0.867. The van der Waals surface area contributed by atoms with E-state index < -0.39 is 0 Å². The number of unbranched alkanes of at least 4 members (excludes halogenated alkanes) is 1. The molecular weight excluding hydrogens is 210 g/mol. The Bertz CT molecular complexity index is 215. The molecule has 0 radical (unpaired) electrons. The molecule has 1 N–H and O–H groups in total. The van der Waals surface area contributed by atoms with Gasteiger partial charge in [-0.05, 0) is 51.5 Å². The first-order chi connectivity index (χ1) is 8.36. The summed E-state index contributed by atoms with van der Waals surface area (Å²) in [6, 6.07) is 0.624. The van der Waals surface area contributed by atoms with Crippen LogP contribution in [0.4, 0.5) is 0 Å². The zero-order valence-corrected chi connectivity index (χ0v) is 11.2. The zero-order chi connectivity index (χ0) is 12.3. The van der Waals surface area contributed by atoms with E-state index in [2.05, 4.69) is 18.2 Å². The maximum atomic E-state index is 5.77. The second kappa shape index (κ2) is 9.50. The predicted octanol–water partition coefficient (Wildman–Crippen LogP) is 3.12. The van der Waals surface area contributed by atoms with Crippen LogP contribution in [0.25, 0.3) is 0 Å². The summed E-state index contributed by atoms with van der Waals surface area (Å²) in [6.45, 7) is 4.19. The quantitative estimate of drug-likeness (QED) is 0.517. The highest BCUT2D eigenvalue weighted by atomic mass is 16.5. The minimum atomic E-state index is 0.512. The van der Waals surface area contributed by atoms with Crippen molar-refractivity contribution in [1.29, 1.82) is 0 Å². The van der Waals surface area contributed by atoms with E-state index >= 15 is 0 Å². The topological polar surface area (TPSA) is 21.3 Å². The van der Waals surface area contributed by atoms with Gasteiger partial charge >= 0.3 is 0 Å². The van der Waals surface area contributed by atoms with Crippen LogP contribution in [0, 0.1) is 12.3 Å². The highest BCUT2D eigenvalue weighted by Crippen LogP contribution is 2.19. The van der Waals surface area contributed by atoms with Crippen LogP contribution in [0.15, 0.2) is 0 Å². The Hall–Kier alpha value is -0.520. The molecule has 1 rings (SSSR count). The Morgan fingerprint density at radius 1 is 1.41 bits per heavy atom. The molecule has 0 aromatic heterocycles. The summed E-state index contributed by atoms with van der Waals surface area (Å²) in [4.78, 5) is 0. The molecule has 2 nitrogen and oxygen atoms in total. The summed E-state index contributed by atoms with van der Waals surface area (Å²) in [6.07, 6.45) is 15.3. The van der Waals surface area contributed by atoms with Crippen molar-refractivity contribution in [3.8, 4) is 12.3 Å². The number of rotatable bonds is 8. The van der Waals surface area contributed by atoms with E-state index in [4.69, 9.17) is 11.2 Å². The second-order valence-corrected chi connectivity index (χ2v) is 4.92. The maximum Gasteiger partial charge on any atom is 0.0575 e. The number of nitrogens with one attached hydrogen (secondary N) is 1. The summed E-state index contributed by atoms with van der Waals surface area (Å²) >= 11 is 0. The molecule has 0 aliphatic carbocycles. The Balaban J connectivity index is 2.15. The molecule has 0 aromatic carbocycles. The van der Waals surface area contributed by atoms with Crippen LogP contribution >= 0.6 is 0 Å². The lowest BCUT2D eigenvalue weighted by Gasteiger charge is -2.25. The van der Waals surface area contributed by atoms with Crippen LogP contribution < -0.4 is 5.32 Å². The van der Waals surface area contributed by atoms with Gasteiger partial charge in [-0.15, -0.1) is 12.3 Å². The van der Waals surface area contributed by atoms with E-state index in [1.54, 1.807) is 0 Å². The molecule has 17 heavy (non-hydrogen) atoms. The van der Waals surface area contributed by atoms with Crippen molar-refractivity contribution >= 4 is 0 Å². The standard InChI is InChI=1S/C15H27NO/c1-3-5-6-9-14(16-4-2)11-12-15-10-7-8-13-17-15/h1,14-16H,4-13H2,2H3. The third-order valence-corrected chi connectivity index (χ3v) is 3.48. The van der Waals surface area contributed by atoms with Gasteiger partial charge in [0.15, 0.2) is 0 Å². The molecule has 1 fully saturated rings. The normalized spacial score (nSPS) is 22.0. The SMILES string of the molecule is C#CCCCC(CCC1CCCCO1)NCC. The molecule has 0 amide bonds. The lowest BCUT2D eigenvalue weighted by Crippen LogP contribution is -2.31. The molecule has 0 saturated carbocycles. The van der Waals surface area contributed by atoms with Gasteiger partial charge in [0, 0.05) is 19.1 Å². The fourth-order valence-corrected chi connectivity index (χ4v) is 2.51. The average Bonchev–Trinajstić information content (AvgIpc) is 2.37. The third kappa shape index (κ3) is 6.71. The zero-order valence-electron chi connectivity index (χ0n) is 11.2. The summed E-state index contributed by atoms with van der Waals surface area (Å²) in [5.41, 5.74) is 0. The molecule has 0 spiro atoms. The van der Waals surface area contributed by atoms with Crippen LogP contribution in [-0.2, 0) is 4.74 Å². The van der Waals surface area contributed by atoms with Gasteiger partial charge in [0.1, 0.15) is 0 Å². The Labute approximate surface area is 107 Å². The highest BCUT2D eigenvalue weighted by Gasteiger charge is 2.16. The van der Waals surface area contributed by atoms with Gasteiger partial charge in [-0.25, -0.2) is 0 Å². The monoisotopic (exact) mass is 237 g/mol. The number of hydrogen-bond acceptors (Lipinski definition) is 2. The van der Waals surface area contributed by atoms with Crippen molar-refractivity contribution < 1.29 is 4.74 Å². The maximum absolute atomic E-state index is 5.77. The highest BCUT2D eigenvalue weighted by molar-refractivity contribution is 4.84. The van der Waals surface area contributed by atoms with Gasteiger partial charge in [0.2, 0.25) is 0 Å². The predicted molar refractivity (Wildman–Crippen MR) is 73.0 cm³/mol. The molecule has 1 aliphatic rings. The molecule has 98 valence electrons. The summed E-state index contributed by atoms with van der Waals surface area (Å²) in [7, 11) is 0.